The fraction of sp³-hybridized carbons (Fsp3) is 0.455. The number of furan rings is 1. The van der Waals surface area contributed by atoms with Crippen molar-refractivity contribution in [2.75, 3.05) is 27.3 Å². The van der Waals surface area contributed by atoms with E-state index in [4.69, 9.17) is 13.9 Å². The van der Waals surface area contributed by atoms with Crippen LogP contribution in [0.3, 0.4) is 0 Å². The highest BCUT2D eigenvalue weighted by Crippen LogP contribution is 2.33. The monoisotopic (exact) mass is 400 g/mol. The van der Waals surface area contributed by atoms with Crippen LogP contribution in [-0.4, -0.2) is 50.1 Å². The molecule has 7 nitrogen and oxygen atoms in total. The van der Waals surface area contributed by atoms with Crippen molar-refractivity contribution in [1.29, 1.82) is 0 Å². The van der Waals surface area contributed by atoms with Crippen LogP contribution in [-0.2, 0) is 10.2 Å². The highest BCUT2D eigenvalue weighted by atomic mass is 16.5. The van der Waals surface area contributed by atoms with Gasteiger partial charge in [-0.1, -0.05) is 19.9 Å². The average Bonchev–Trinajstić information content (AvgIpc) is 3.43. The van der Waals surface area contributed by atoms with Crippen LogP contribution in [0.5, 0.6) is 11.5 Å². The van der Waals surface area contributed by atoms with Gasteiger partial charge in [-0.05, 0) is 42.7 Å². The van der Waals surface area contributed by atoms with Crippen LogP contribution in [0, 0.1) is 0 Å². The molecule has 2 amide bonds. The van der Waals surface area contributed by atoms with Crippen LogP contribution in [0.4, 0.5) is 0 Å². The number of nitrogens with one attached hydrogen (secondary N) is 1. The maximum absolute atomic E-state index is 12.9. The zero-order chi connectivity index (χ0) is 21.0. The highest BCUT2D eigenvalue weighted by molar-refractivity contribution is 5.96. The third kappa shape index (κ3) is 4.39. The lowest BCUT2D eigenvalue weighted by atomic mass is 9.84. The summed E-state index contributed by atoms with van der Waals surface area (Å²) < 4.78 is 15.9. The summed E-state index contributed by atoms with van der Waals surface area (Å²) in [6.45, 7) is 5.08. The Hall–Kier alpha value is -2.96. The second-order valence-corrected chi connectivity index (χ2v) is 7.81. The predicted octanol–water partition coefficient (Wildman–Crippen LogP) is 3.00. The topological polar surface area (TPSA) is 81.0 Å². The van der Waals surface area contributed by atoms with Gasteiger partial charge in [0.15, 0.2) is 17.3 Å². The van der Waals surface area contributed by atoms with Crippen molar-refractivity contribution in [3.8, 4) is 11.5 Å². The number of hydrogen-bond donors (Lipinski definition) is 1. The Morgan fingerprint density at radius 3 is 2.62 bits per heavy atom. The molecule has 7 heteroatoms. The lowest BCUT2D eigenvalue weighted by Gasteiger charge is -2.29. The van der Waals surface area contributed by atoms with Crippen molar-refractivity contribution in [1.82, 2.24) is 10.2 Å². The van der Waals surface area contributed by atoms with E-state index in [9.17, 15) is 9.59 Å². The van der Waals surface area contributed by atoms with Gasteiger partial charge < -0.3 is 24.1 Å². The number of likely N-dealkylation sites (tertiary alicyclic amines) is 1. The molecule has 1 atom stereocenters. The second-order valence-electron chi connectivity index (χ2n) is 7.81. The Morgan fingerprint density at radius 2 is 1.97 bits per heavy atom. The SMILES string of the molecule is COc1ccc(C(C)(C)CNC(=O)[C@@H]2CCCN2C(=O)c2ccco2)cc1OC. The van der Waals surface area contributed by atoms with Crippen molar-refractivity contribution in [2.24, 2.45) is 0 Å². The van der Waals surface area contributed by atoms with Crippen LogP contribution in [0.15, 0.2) is 41.0 Å². The van der Waals surface area contributed by atoms with Gasteiger partial charge in [0.2, 0.25) is 5.91 Å². The van der Waals surface area contributed by atoms with E-state index in [1.165, 1.54) is 6.26 Å². The first-order valence-electron chi connectivity index (χ1n) is 9.72. The maximum atomic E-state index is 12.9. The minimum absolute atomic E-state index is 0.143. The fourth-order valence-electron chi connectivity index (χ4n) is 3.61. The van der Waals surface area contributed by atoms with Crippen LogP contribution in [0.25, 0.3) is 0 Å². The van der Waals surface area contributed by atoms with E-state index in [0.717, 1.165) is 12.0 Å². The molecule has 1 N–H and O–H groups in total. The molecule has 1 fully saturated rings. The van der Waals surface area contributed by atoms with E-state index >= 15 is 0 Å². The summed E-state index contributed by atoms with van der Waals surface area (Å²) in [5.41, 5.74) is 0.689. The largest absolute Gasteiger partial charge is 0.493 e. The Balaban J connectivity index is 1.66. The zero-order valence-electron chi connectivity index (χ0n) is 17.4. The molecule has 1 aromatic carbocycles. The molecule has 2 heterocycles. The van der Waals surface area contributed by atoms with E-state index in [2.05, 4.69) is 19.2 Å². The maximum Gasteiger partial charge on any atom is 0.290 e. The number of hydrogen-bond acceptors (Lipinski definition) is 5. The molecule has 0 spiro atoms. The Labute approximate surface area is 171 Å². The minimum Gasteiger partial charge on any atom is -0.493 e. The van der Waals surface area contributed by atoms with Crippen molar-refractivity contribution >= 4 is 11.8 Å². The van der Waals surface area contributed by atoms with Gasteiger partial charge in [-0.2, -0.15) is 0 Å². The Bertz CT molecular complexity index is 860. The van der Waals surface area contributed by atoms with Crippen LogP contribution in [0.2, 0.25) is 0 Å². The number of benzene rings is 1. The molecule has 2 aromatic rings. The number of rotatable bonds is 7. The number of nitrogens with zero attached hydrogens (tertiary/aromatic N) is 1. The Kier molecular flexibility index (Phi) is 6.15. The first kappa shape index (κ1) is 20.8. The lowest BCUT2D eigenvalue weighted by molar-refractivity contribution is -0.125. The summed E-state index contributed by atoms with van der Waals surface area (Å²) in [6, 6.07) is 8.57. The zero-order valence-corrected chi connectivity index (χ0v) is 17.4. The van der Waals surface area contributed by atoms with Gasteiger partial charge in [-0.15, -0.1) is 0 Å². The highest BCUT2D eigenvalue weighted by Gasteiger charge is 2.36. The first-order valence-corrected chi connectivity index (χ1v) is 9.72. The van der Waals surface area contributed by atoms with Gasteiger partial charge in [-0.3, -0.25) is 9.59 Å². The summed E-state index contributed by atoms with van der Waals surface area (Å²) in [7, 11) is 3.20. The summed E-state index contributed by atoms with van der Waals surface area (Å²) in [6.07, 6.45) is 2.91. The fourth-order valence-corrected chi connectivity index (χ4v) is 3.61. The third-order valence-corrected chi connectivity index (χ3v) is 5.42. The average molecular weight is 400 g/mol. The first-order chi connectivity index (χ1) is 13.9. The standard InChI is InChI=1S/C22H28N2O5/c1-22(2,15-9-10-17(27-3)19(13-15)28-4)14-23-20(25)16-7-5-11-24(16)21(26)18-8-6-12-29-18/h6,8-10,12-13,16H,5,7,11,14H2,1-4H3,(H,23,25)/t16-/m0/s1. The van der Waals surface area contributed by atoms with Gasteiger partial charge in [0.05, 0.1) is 20.5 Å². The molecule has 0 unspecified atom stereocenters. The van der Waals surface area contributed by atoms with E-state index in [1.807, 2.05) is 18.2 Å². The van der Waals surface area contributed by atoms with Gasteiger partial charge >= 0.3 is 0 Å². The number of carbonyl (C=O) groups is 2. The number of carbonyl (C=O) groups excluding carboxylic acids is 2. The van der Waals surface area contributed by atoms with Crippen LogP contribution < -0.4 is 14.8 Å². The summed E-state index contributed by atoms with van der Waals surface area (Å²) in [5, 5.41) is 3.02. The molecule has 0 bridgehead atoms. The second kappa shape index (κ2) is 8.59. The predicted molar refractivity (Wildman–Crippen MR) is 108 cm³/mol. The normalized spacial score (nSPS) is 16.6. The minimum atomic E-state index is -0.478. The van der Waals surface area contributed by atoms with Gasteiger partial charge in [-0.25, -0.2) is 0 Å². The van der Waals surface area contributed by atoms with Gasteiger partial charge in [0.25, 0.3) is 5.91 Å². The van der Waals surface area contributed by atoms with Crippen molar-refractivity contribution < 1.29 is 23.5 Å². The molecule has 0 aliphatic carbocycles. The molecule has 1 aliphatic heterocycles. The van der Waals surface area contributed by atoms with Crippen LogP contribution in [0.1, 0.15) is 42.8 Å². The molecule has 1 saturated heterocycles. The number of amides is 2. The van der Waals surface area contributed by atoms with Crippen molar-refractivity contribution in [3.05, 3.63) is 47.9 Å². The summed E-state index contributed by atoms with van der Waals surface area (Å²) in [4.78, 5) is 27.0. The lowest BCUT2D eigenvalue weighted by Crippen LogP contribution is -2.48. The quantitative estimate of drug-likeness (QED) is 0.773. The van der Waals surface area contributed by atoms with E-state index in [0.29, 0.717) is 31.0 Å². The summed E-state index contributed by atoms with van der Waals surface area (Å²) in [5.74, 6) is 1.18. The molecule has 0 radical (unpaired) electrons. The number of ether oxygens (including phenoxy) is 2. The molecule has 3 rings (SSSR count). The molecule has 156 valence electrons. The Morgan fingerprint density at radius 1 is 1.21 bits per heavy atom. The molecular formula is C22H28N2O5. The van der Waals surface area contributed by atoms with Gasteiger partial charge in [0.1, 0.15) is 6.04 Å². The third-order valence-electron chi connectivity index (χ3n) is 5.42. The van der Waals surface area contributed by atoms with Crippen molar-refractivity contribution in [2.45, 2.75) is 38.1 Å². The van der Waals surface area contributed by atoms with E-state index < -0.39 is 6.04 Å². The van der Waals surface area contributed by atoms with Gasteiger partial charge in [0, 0.05) is 18.5 Å². The molecule has 1 aromatic heterocycles. The number of methoxy groups -OCH3 is 2. The molecule has 0 saturated carbocycles. The summed E-state index contributed by atoms with van der Waals surface area (Å²) >= 11 is 0. The molecule has 1 aliphatic rings. The van der Waals surface area contributed by atoms with Crippen LogP contribution >= 0.6 is 0 Å². The van der Waals surface area contributed by atoms with Crippen molar-refractivity contribution in [3.63, 3.8) is 0 Å². The van der Waals surface area contributed by atoms with E-state index in [-0.39, 0.29) is 23.0 Å². The smallest absolute Gasteiger partial charge is 0.290 e. The molecular weight excluding hydrogens is 372 g/mol. The van der Waals surface area contributed by atoms with E-state index in [1.54, 1.807) is 31.3 Å². The molecule has 29 heavy (non-hydrogen) atoms.